The standard InChI is InChI=1S/C12H15N3O2S/c1-18(16,17)7-6-15-9-11(8-14-15)10-2-4-12(13)5-3-10/h2-5,8-9H,6-7,13H2,1H3. The molecule has 0 aliphatic carbocycles. The third-order valence-electron chi connectivity index (χ3n) is 2.57. The average Bonchev–Trinajstić information content (AvgIpc) is 2.75. The number of hydrogen-bond acceptors (Lipinski definition) is 4. The Morgan fingerprint density at radius 1 is 1.22 bits per heavy atom. The Bertz CT molecular complexity index is 630. The summed E-state index contributed by atoms with van der Waals surface area (Å²) in [5.41, 5.74) is 8.29. The molecule has 1 aromatic heterocycles. The normalized spacial score (nSPS) is 11.6. The van der Waals surface area contributed by atoms with Crippen LogP contribution in [0.15, 0.2) is 36.7 Å². The Hall–Kier alpha value is -1.82. The van der Waals surface area contributed by atoms with Crippen molar-refractivity contribution in [1.29, 1.82) is 0 Å². The van der Waals surface area contributed by atoms with Crippen molar-refractivity contribution in [3.8, 4) is 11.1 Å². The van der Waals surface area contributed by atoms with Crippen LogP contribution in [0.1, 0.15) is 0 Å². The first kappa shape index (κ1) is 12.6. The maximum atomic E-state index is 11.1. The minimum absolute atomic E-state index is 0.0931. The van der Waals surface area contributed by atoms with Gasteiger partial charge in [0.05, 0.1) is 18.5 Å². The number of benzene rings is 1. The van der Waals surface area contributed by atoms with Gasteiger partial charge in [0, 0.05) is 23.7 Å². The van der Waals surface area contributed by atoms with Crippen molar-refractivity contribution in [2.75, 3.05) is 17.7 Å². The number of anilines is 1. The highest BCUT2D eigenvalue weighted by molar-refractivity contribution is 7.90. The number of hydrogen-bond donors (Lipinski definition) is 1. The lowest BCUT2D eigenvalue weighted by molar-refractivity contribution is 0.586. The van der Waals surface area contributed by atoms with Crippen LogP contribution in [-0.2, 0) is 16.4 Å². The fraction of sp³-hybridized carbons (Fsp3) is 0.250. The van der Waals surface area contributed by atoms with E-state index >= 15 is 0 Å². The number of aryl methyl sites for hydroxylation is 1. The summed E-state index contributed by atoms with van der Waals surface area (Å²) in [7, 11) is -2.96. The third-order valence-corrected chi connectivity index (χ3v) is 3.49. The van der Waals surface area contributed by atoms with E-state index in [9.17, 15) is 8.42 Å². The summed E-state index contributed by atoms with van der Waals surface area (Å²) in [6.07, 6.45) is 4.77. The van der Waals surface area contributed by atoms with E-state index in [4.69, 9.17) is 5.73 Å². The molecule has 18 heavy (non-hydrogen) atoms. The molecule has 2 rings (SSSR count). The van der Waals surface area contributed by atoms with Gasteiger partial charge in [0.15, 0.2) is 0 Å². The number of nitrogen functional groups attached to an aromatic ring is 1. The highest BCUT2D eigenvalue weighted by Crippen LogP contribution is 2.19. The van der Waals surface area contributed by atoms with Gasteiger partial charge in [-0.25, -0.2) is 8.42 Å². The van der Waals surface area contributed by atoms with E-state index in [1.165, 1.54) is 6.26 Å². The minimum atomic E-state index is -2.96. The Morgan fingerprint density at radius 2 is 1.89 bits per heavy atom. The molecule has 0 spiro atoms. The summed E-state index contributed by atoms with van der Waals surface area (Å²) in [5, 5.41) is 4.14. The molecule has 2 N–H and O–H groups in total. The summed E-state index contributed by atoms with van der Waals surface area (Å²) in [4.78, 5) is 0. The van der Waals surface area contributed by atoms with Gasteiger partial charge < -0.3 is 5.73 Å². The summed E-state index contributed by atoms with van der Waals surface area (Å²) in [5.74, 6) is 0.0931. The molecule has 0 saturated carbocycles. The number of nitrogens with two attached hydrogens (primary N) is 1. The van der Waals surface area contributed by atoms with E-state index in [-0.39, 0.29) is 5.75 Å². The van der Waals surface area contributed by atoms with E-state index in [1.807, 2.05) is 30.5 Å². The average molecular weight is 265 g/mol. The maximum absolute atomic E-state index is 11.1. The summed E-state index contributed by atoms with van der Waals surface area (Å²) >= 11 is 0. The van der Waals surface area contributed by atoms with Crippen LogP contribution in [0.25, 0.3) is 11.1 Å². The fourth-order valence-corrected chi connectivity index (χ4v) is 2.09. The van der Waals surface area contributed by atoms with Gasteiger partial charge in [-0.3, -0.25) is 4.68 Å². The van der Waals surface area contributed by atoms with Crippen molar-refractivity contribution in [3.63, 3.8) is 0 Å². The van der Waals surface area contributed by atoms with Crippen molar-refractivity contribution in [3.05, 3.63) is 36.7 Å². The first-order valence-electron chi connectivity index (χ1n) is 5.50. The van der Waals surface area contributed by atoms with Crippen LogP contribution in [0.5, 0.6) is 0 Å². The SMILES string of the molecule is CS(=O)(=O)CCn1cc(-c2ccc(N)cc2)cn1. The predicted molar refractivity (Wildman–Crippen MR) is 71.8 cm³/mol. The van der Waals surface area contributed by atoms with Crippen LogP contribution in [0.3, 0.4) is 0 Å². The summed E-state index contributed by atoms with van der Waals surface area (Å²) in [6, 6.07) is 7.47. The molecule has 1 heterocycles. The van der Waals surface area contributed by atoms with E-state index in [0.717, 1.165) is 11.1 Å². The number of sulfone groups is 1. The van der Waals surface area contributed by atoms with Crippen LogP contribution in [0.4, 0.5) is 5.69 Å². The molecule has 6 heteroatoms. The van der Waals surface area contributed by atoms with E-state index in [2.05, 4.69) is 5.10 Å². The monoisotopic (exact) mass is 265 g/mol. The lowest BCUT2D eigenvalue weighted by Gasteiger charge is -1.99. The van der Waals surface area contributed by atoms with Crippen LogP contribution in [0.2, 0.25) is 0 Å². The van der Waals surface area contributed by atoms with Crippen molar-refractivity contribution in [1.82, 2.24) is 9.78 Å². The van der Waals surface area contributed by atoms with Crippen LogP contribution < -0.4 is 5.73 Å². The smallest absolute Gasteiger partial charge is 0.149 e. The summed E-state index contributed by atoms with van der Waals surface area (Å²) in [6.45, 7) is 0.369. The molecule has 0 radical (unpaired) electrons. The molecule has 0 atom stereocenters. The fourth-order valence-electron chi connectivity index (χ4n) is 1.57. The van der Waals surface area contributed by atoms with Crippen molar-refractivity contribution in [2.45, 2.75) is 6.54 Å². The molecule has 0 aliphatic heterocycles. The number of rotatable bonds is 4. The zero-order valence-electron chi connectivity index (χ0n) is 10.1. The Morgan fingerprint density at radius 3 is 2.50 bits per heavy atom. The Kier molecular flexibility index (Phi) is 3.38. The molecular formula is C12H15N3O2S. The zero-order valence-corrected chi connectivity index (χ0v) is 10.9. The van der Waals surface area contributed by atoms with Gasteiger partial charge in [-0.15, -0.1) is 0 Å². The molecule has 2 aromatic rings. The highest BCUT2D eigenvalue weighted by atomic mass is 32.2. The molecule has 5 nitrogen and oxygen atoms in total. The highest BCUT2D eigenvalue weighted by Gasteiger charge is 2.05. The second kappa shape index (κ2) is 4.81. The van der Waals surface area contributed by atoms with Crippen molar-refractivity contribution >= 4 is 15.5 Å². The van der Waals surface area contributed by atoms with Crippen molar-refractivity contribution in [2.24, 2.45) is 0 Å². The van der Waals surface area contributed by atoms with Gasteiger partial charge in [0.2, 0.25) is 0 Å². The molecule has 0 saturated heterocycles. The van der Waals surface area contributed by atoms with E-state index in [1.54, 1.807) is 10.9 Å². The zero-order chi connectivity index (χ0) is 13.2. The van der Waals surface area contributed by atoms with Crippen LogP contribution >= 0.6 is 0 Å². The molecular weight excluding hydrogens is 250 g/mol. The Labute approximate surface area is 106 Å². The second-order valence-corrected chi connectivity index (χ2v) is 6.50. The Balaban J connectivity index is 2.13. The number of aromatic nitrogens is 2. The predicted octanol–water partition coefficient (Wildman–Crippen LogP) is 1.18. The first-order valence-corrected chi connectivity index (χ1v) is 7.56. The van der Waals surface area contributed by atoms with Gasteiger partial charge in [-0.2, -0.15) is 5.10 Å². The van der Waals surface area contributed by atoms with E-state index < -0.39 is 9.84 Å². The van der Waals surface area contributed by atoms with Gasteiger partial charge in [0.25, 0.3) is 0 Å². The maximum Gasteiger partial charge on any atom is 0.149 e. The van der Waals surface area contributed by atoms with Crippen LogP contribution in [0, 0.1) is 0 Å². The molecule has 0 amide bonds. The molecule has 0 unspecified atom stereocenters. The van der Waals surface area contributed by atoms with Gasteiger partial charge in [0.1, 0.15) is 9.84 Å². The molecule has 0 aliphatic rings. The lowest BCUT2D eigenvalue weighted by atomic mass is 10.1. The molecule has 0 bridgehead atoms. The molecule has 1 aromatic carbocycles. The first-order chi connectivity index (χ1) is 8.44. The molecule has 96 valence electrons. The van der Waals surface area contributed by atoms with Crippen LogP contribution in [-0.4, -0.2) is 30.2 Å². The largest absolute Gasteiger partial charge is 0.399 e. The third kappa shape index (κ3) is 3.33. The second-order valence-electron chi connectivity index (χ2n) is 4.24. The van der Waals surface area contributed by atoms with E-state index in [0.29, 0.717) is 12.2 Å². The van der Waals surface area contributed by atoms with Crippen molar-refractivity contribution < 1.29 is 8.42 Å². The van der Waals surface area contributed by atoms with Gasteiger partial charge in [-0.05, 0) is 17.7 Å². The molecule has 0 fully saturated rings. The summed E-state index contributed by atoms with van der Waals surface area (Å²) < 4.78 is 23.8. The van der Waals surface area contributed by atoms with Gasteiger partial charge >= 0.3 is 0 Å². The minimum Gasteiger partial charge on any atom is -0.399 e. The number of nitrogens with zero attached hydrogens (tertiary/aromatic N) is 2. The topological polar surface area (TPSA) is 78.0 Å². The lowest BCUT2D eigenvalue weighted by Crippen LogP contribution is -2.11. The van der Waals surface area contributed by atoms with Gasteiger partial charge in [-0.1, -0.05) is 12.1 Å². The quantitative estimate of drug-likeness (QED) is 0.842.